The van der Waals surface area contributed by atoms with E-state index in [9.17, 15) is 4.79 Å². The summed E-state index contributed by atoms with van der Waals surface area (Å²) in [5.74, 6) is 0.111. The monoisotopic (exact) mass is 313 g/mol. The van der Waals surface area contributed by atoms with Crippen molar-refractivity contribution in [3.63, 3.8) is 0 Å². The Morgan fingerprint density at radius 2 is 1.77 bits per heavy atom. The first-order valence-corrected chi connectivity index (χ1v) is 8.85. The second-order valence-electron chi connectivity index (χ2n) is 6.63. The zero-order valence-corrected chi connectivity index (χ0v) is 15.2. The maximum Gasteiger partial charge on any atom is 0.246 e. The number of allylic oxidation sites excluding steroid dienone is 1. The number of carbonyl (C=O) groups is 1. The Kier molecular flexibility index (Phi) is 12.2. The molecule has 0 spiro atoms. The smallest absolute Gasteiger partial charge is 0.246 e. The highest BCUT2D eigenvalue weighted by atomic mass is 16.3. The number of hydrogen-bond donors (Lipinski definition) is 1. The third-order valence-electron chi connectivity index (χ3n) is 4.11. The summed E-state index contributed by atoms with van der Waals surface area (Å²) in [5.41, 5.74) is 0. The van der Waals surface area contributed by atoms with Crippen molar-refractivity contribution in [2.45, 2.75) is 52.4 Å². The van der Waals surface area contributed by atoms with Crippen molar-refractivity contribution in [2.75, 3.05) is 46.9 Å². The van der Waals surface area contributed by atoms with Crippen molar-refractivity contribution in [1.29, 1.82) is 0 Å². The van der Waals surface area contributed by atoms with Crippen molar-refractivity contribution in [2.24, 2.45) is 0 Å². The second kappa shape index (κ2) is 12.7. The van der Waals surface area contributed by atoms with Crippen LogP contribution in [0.3, 0.4) is 0 Å². The lowest BCUT2D eigenvalue weighted by Gasteiger charge is -2.31. The van der Waals surface area contributed by atoms with Gasteiger partial charge < -0.3 is 14.5 Å². The molecule has 0 aromatic carbocycles. The highest BCUT2D eigenvalue weighted by molar-refractivity contribution is 5.87. The molecule has 22 heavy (non-hydrogen) atoms. The molecule has 0 aliphatic carbocycles. The number of hydrogen-bond acceptors (Lipinski definition) is 2. The van der Waals surface area contributed by atoms with Gasteiger partial charge in [-0.25, -0.2) is 0 Å². The van der Waals surface area contributed by atoms with E-state index in [2.05, 4.69) is 21.0 Å². The van der Waals surface area contributed by atoms with E-state index in [4.69, 9.17) is 5.11 Å². The standard InChI is InChI=1S/C18H37N2O2/c1-5-7-8-9-10-11-12-13-18(22)19(6-2)14-15-20(3,4)16-17-21/h12-13,21H,5-11,14-17H2,1-4H3/q+1/b13-12+. The fourth-order valence-electron chi connectivity index (χ4n) is 2.35. The minimum Gasteiger partial charge on any atom is -0.391 e. The van der Waals surface area contributed by atoms with Crippen LogP contribution in [-0.2, 0) is 4.79 Å². The summed E-state index contributed by atoms with van der Waals surface area (Å²) in [6.07, 6.45) is 11.1. The Labute approximate surface area is 137 Å². The van der Waals surface area contributed by atoms with E-state index in [0.717, 1.165) is 37.1 Å². The normalized spacial score (nSPS) is 12.0. The summed E-state index contributed by atoms with van der Waals surface area (Å²) in [7, 11) is 4.17. The molecule has 0 aliphatic rings. The van der Waals surface area contributed by atoms with Crippen LogP contribution in [0.2, 0.25) is 0 Å². The molecule has 0 heterocycles. The van der Waals surface area contributed by atoms with Crippen LogP contribution in [0, 0.1) is 0 Å². The number of likely N-dealkylation sites (N-methyl/N-ethyl adjacent to an activating group) is 2. The van der Waals surface area contributed by atoms with Crippen molar-refractivity contribution in [3.05, 3.63) is 12.2 Å². The van der Waals surface area contributed by atoms with Gasteiger partial charge in [-0.1, -0.05) is 38.7 Å². The second-order valence-corrected chi connectivity index (χ2v) is 6.63. The molecule has 0 bridgehead atoms. The molecule has 0 radical (unpaired) electrons. The lowest BCUT2D eigenvalue weighted by molar-refractivity contribution is -0.890. The summed E-state index contributed by atoms with van der Waals surface area (Å²) >= 11 is 0. The topological polar surface area (TPSA) is 40.5 Å². The lowest BCUT2D eigenvalue weighted by atomic mass is 10.1. The van der Waals surface area contributed by atoms with Gasteiger partial charge in [-0.2, -0.15) is 0 Å². The Bertz CT molecular complexity index is 314. The zero-order valence-electron chi connectivity index (χ0n) is 15.2. The van der Waals surface area contributed by atoms with Crippen LogP contribution >= 0.6 is 0 Å². The van der Waals surface area contributed by atoms with Gasteiger partial charge in [0, 0.05) is 6.54 Å². The first-order valence-electron chi connectivity index (χ1n) is 8.85. The molecule has 0 aromatic heterocycles. The molecular weight excluding hydrogens is 276 g/mol. The minimum atomic E-state index is 0.111. The number of aliphatic hydroxyl groups excluding tert-OH is 1. The van der Waals surface area contributed by atoms with Gasteiger partial charge in [0.25, 0.3) is 0 Å². The van der Waals surface area contributed by atoms with Gasteiger partial charge in [-0.3, -0.25) is 4.79 Å². The molecule has 0 rings (SSSR count). The number of carbonyl (C=O) groups excluding carboxylic acids is 1. The maximum atomic E-state index is 12.2. The van der Waals surface area contributed by atoms with Crippen LogP contribution in [0.5, 0.6) is 0 Å². The van der Waals surface area contributed by atoms with E-state index < -0.39 is 0 Å². The zero-order chi connectivity index (χ0) is 16.8. The molecular formula is C18H37N2O2+. The highest BCUT2D eigenvalue weighted by Crippen LogP contribution is 2.06. The molecule has 0 aliphatic heterocycles. The molecule has 1 amide bonds. The molecule has 0 fully saturated rings. The SMILES string of the molecule is CCCCCCC/C=C/C(=O)N(CC)CC[N+](C)(C)CCO. The predicted octanol–water partition coefficient (Wildman–Crippen LogP) is 2.82. The van der Waals surface area contributed by atoms with Crippen LogP contribution in [0.25, 0.3) is 0 Å². The van der Waals surface area contributed by atoms with Crippen molar-refractivity contribution in [3.8, 4) is 0 Å². The maximum absolute atomic E-state index is 12.2. The van der Waals surface area contributed by atoms with E-state index in [1.807, 2.05) is 17.9 Å². The minimum absolute atomic E-state index is 0.111. The van der Waals surface area contributed by atoms with Gasteiger partial charge in [0.1, 0.15) is 6.54 Å². The van der Waals surface area contributed by atoms with Crippen molar-refractivity contribution < 1.29 is 14.4 Å². The molecule has 4 heteroatoms. The quantitative estimate of drug-likeness (QED) is 0.323. The van der Waals surface area contributed by atoms with Gasteiger partial charge in [0.05, 0.1) is 33.8 Å². The Morgan fingerprint density at radius 3 is 2.36 bits per heavy atom. The molecule has 0 atom stereocenters. The molecule has 4 nitrogen and oxygen atoms in total. The average molecular weight is 314 g/mol. The van der Waals surface area contributed by atoms with Crippen LogP contribution < -0.4 is 0 Å². The first kappa shape index (κ1) is 21.1. The van der Waals surface area contributed by atoms with Crippen LogP contribution in [0.1, 0.15) is 52.4 Å². The molecule has 0 aromatic rings. The van der Waals surface area contributed by atoms with Gasteiger partial charge in [-0.15, -0.1) is 0 Å². The van der Waals surface area contributed by atoms with E-state index in [1.165, 1.54) is 32.1 Å². The Balaban J connectivity index is 4.03. The molecule has 0 saturated carbocycles. The number of aliphatic hydroxyl groups is 1. The van der Waals surface area contributed by atoms with E-state index in [-0.39, 0.29) is 12.5 Å². The number of unbranched alkanes of at least 4 members (excludes halogenated alkanes) is 5. The summed E-state index contributed by atoms with van der Waals surface area (Å²) in [6, 6.07) is 0. The summed E-state index contributed by atoms with van der Waals surface area (Å²) < 4.78 is 0.738. The van der Waals surface area contributed by atoms with E-state index in [1.54, 1.807) is 6.08 Å². The summed E-state index contributed by atoms with van der Waals surface area (Å²) in [6.45, 7) is 7.48. The molecule has 0 unspecified atom stereocenters. The number of nitrogens with zero attached hydrogens (tertiary/aromatic N) is 2. The van der Waals surface area contributed by atoms with Gasteiger partial charge in [-0.05, 0) is 25.8 Å². The van der Waals surface area contributed by atoms with E-state index in [0.29, 0.717) is 0 Å². The number of quaternary nitrogens is 1. The number of rotatable bonds is 13. The largest absolute Gasteiger partial charge is 0.391 e. The van der Waals surface area contributed by atoms with Crippen molar-refractivity contribution in [1.82, 2.24) is 4.90 Å². The Hall–Kier alpha value is -0.870. The number of amides is 1. The van der Waals surface area contributed by atoms with E-state index >= 15 is 0 Å². The molecule has 1 N–H and O–H groups in total. The van der Waals surface area contributed by atoms with Crippen LogP contribution in [0.15, 0.2) is 12.2 Å². The highest BCUT2D eigenvalue weighted by Gasteiger charge is 2.17. The summed E-state index contributed by atoms with van der Waals surface area (Å²) in [5, 5.41) is 9.05. The van der Waals surface area contributed by atoms with Gasteiger partial charge in [0.2, 0.25) is 5.91 Å². The first-order chi connectivity index (χ1) is 10.5. The van der Waals surface area contributed by atoms with Gasteiger partial charge in [0.15, 0.2) is 0 Å². The lowest BCUT2D eigenvalue weighted by Crippen LogP contribution is -2.47. The van der Waals surface area contributed by atoms with Crippen LogP contribution in [0.4, 0.5) is 0 Å². The fourth-order valence-corrected chi connectivity index (χ4v) is 2.35. The predicted molar refractivity (Wildman–Crippen MR) is 93.7 cm³/mol. The third kappa shape index (κ3) is 10.8. The van der Waals surface area contributed by atoms with Crippen LogP contribution in [-0.4, -0.2) is 67.3 Å². The molecule has 0 saturated heterocycles. The average Bonchev–Trinajstić information content (AvgIpc) is 2.46. The molecule has 130 valence electrons. The Morgan fingerprint density at radius 1 is 1.09 bits per heavy atom. The van der Waals surface area contributed by atoms with Crippen molar-refractivity contribution >= 4 is 5.91 Å². The third-order valence-corrected chi connectivity index (χ3v) is 4.11. The fraction of sp³-hybridized carbons (Fsp3) is 0.833. The summed E-state index contributed by atoms with van der Waals surface area (Å²) in [4.78, 5) is 14.0. The van der Waals surface area contributed by atoms with Gasteiger partial charge >= 0.3 is 0 Å².